The third kappa shape index (κ3) is 2.26. The van der Waals surface area contributed by atoms with Crippen LogP contribution in [0, 0.1) is 0 Å². The third-order valence-electron chi connectivity index (χ3n) is 4.56. The highest BCUT2D eigenvalue weighted by Crippen LogP contribution is 2.49. The second-order valence-corrected chi connectivity index (χ2v) is 11.8. The Morgan fingerprint density at radius 3 is 2.42 bits per heavy atom. The minimum absolute atomic E-state index is 0.0000785. The molecule has 0 aliphatic carbocycles. The molecule has 0 aromatic carbocycles. The molecule has 2 aliphatic heterocycles. The molecule has 0 N–H and O–H groups in total. The van der Waals surface area contributed by atoms with E-state index in [0.29, 0.717) is 6.29 Å². The van der Waals surface area contributed by atoms with Gasteiger partial charge in [-0.1, -0.05) is 20.8 Å². The Labute approximate surface area is 114 Å². The van der Waals surface area contributed by atoms with E-state index in [0.717, 1.165) is 0 Å². The van der Waals surface area contributed by atoms with Crippen molar-refractivity contribution in [2.24, 2.45) is 0 Å². The molecule has 5 nitrogen and oxygen atoms in total. The van der Waals surface area contributed by atoms with Crippen molar-refractivity contribution in [2.45, 2.75) is 69.7 Å². The van der Waals surface area contributed by atoms with Crippen molar-refractivity contribution in [3.8, 4) is 0 Å². The molecule has 0 bridgehead atoms. The standard InChI is InChI=1S/C13H22O5Si/c1-12(2,3)19(5,6)18-9-10-13(4,17-10)8(7-14)16-11(9)15/h7-10H,1-6H3/t8-,9-,10+,13-/m1/s1. The number of carbonyl (C=O) groups excluding carboxylic acids is 2. The molecule has 0 aromatic rings. The van der Waals surface area contributed by atoms with Crippen LogP contribution >= 0.6 is 0 Å². The molecule has 2 fully saturated rings. The zero-order valence-electron chi connectivity index (χ0n) is 12.4. The van der Waals surface area contributed by atoms with Crippen LogP contribution in [0.15, 0.2) is 0 Å². The molecule has 0 aromatic heterocycles. The first-order valence-electron chi connectivity index (χ1n) is 6.54. The number of hydrogen-bond donors (Lipinski definition) is 0. The molecule has 2 heterocycles. The molecule has 0 unspecified atom stereocenters. The Hall–Kier alpha value is -0.723. The highest BCUT2D eigenvalue weighted by Gasteiger charge is 2.69. The molecule has 2 aliphatic rings. The van der Waals surface area contributed by atoms with Gasteiger partial charge in [0.05, 0.1) is 0 Å². The SMILES string of the molecule is CC(C)(C)[Si](C)(C)O[C@H]1C(=O)O[C@H](C=O)[C@@]2(C)O[C@@H]12. The maximum absolute atomic E-state index is 12.0. The average molecular weight is 286 g/mol. The Balaban J connectivity index is 2.16. The minimum atomic E-state index is -2.08. The summed E-state index contributed by atoms with van der Waals surface area (Å²) in [6.45, 7) is 12.3. The fraction of sp³-hybridized carbons (Fsp3) is 0.846. The van der Waals surface area contributed by atoms with E-state index in [1.54, 1.807) is 6.92 Å². The first kappa shape index (κ1) is 14.7. The minimum Gasteiger partial charge on any atom is -0.449 e. The number of rotatable bonds is 3. The van der Waals surface area contributed by atoms with Crippen LogP contribution in [0.3, 0.4) is 0 Å². The largest absolute Gasteiger partial charge is 0.449 e. The molecule has 108 valence electrons. The van der Waals surface area contributed by atoms with E-state index in [1.165, 1.54) is 0 Å². The van der Waals surface area contributed by atoms with E-state index in [4.69, 9.17) is 13.9 Å². The van der Waals surface area contributed by atoms with Crippen molar-refractivity contribution in [3.63, 3.8) is 0 Å². The van der Waals surface area contributed by atoms with Crippen molar-refractivity contribution in [2.75, 3.05) is 0 Å². The molecular weight excluding hydrogens is 264 g/mol. The van der Waals surface area contributed by atoms with Gasteiger partial charge in [0, 0.05) is 0 Å². The van der Waals surface area contributed by atoms with E-state index >= 15 is 0 Å². The van der Waals surface area contributed by atoms with E-state index in [2.05, 4.69) is 33.9 Å². The molecule has 0 spiro atoms. The van der Waals surface area contributed by atoms with Gasteiger partial charge >= 0.3 is 5.97 Å². The lowest BCUT2D eigenvalue weighted by atomic mass is 9.95. The fourth-order valence-electron chi connectivity index (χ4n) is 2.03. The summed E-state index contributed by atoms with van der Waals surface area (Å²) in [5.74, 6) is -0.484. The van der Waals surface area contributed by atoms with Crippen LogP contribution in [-0.4, -0.2) is 44.5 Å². The topological polar surface area (TPSA) is 65.1 Å². The van der Waals surface area contributed by atoms with Crippen LogP contribution in [0.4, 0.5) is 0 Å². The summed E-state index contributed by atoms with van der Waals surface area (Å²) in [4.78, 5) is 22.9. The molecule has 2 saturated heterocycles. The van der Waals surface area contributed by atoms with Gasteiger partial charge in [-0.3, -0.25) is 4.79 Å². The molecule has 0 amide bonds. The second-order valence-electron chi connectivity index (χ2n) is 7.01. The lowest BCUT2D eigenvalue weighted by molar-refractivity contribution is -0.166. The van der Waals surface area contributed by atoms with E-state index in [1.807, 2.05) is 0 Å². The van der Waals surface area contributed by atoms with Crippen LogP contribution in [0.2, 0.25) is 18.1 Å². The molecule has 19 heavy (non-hydrogen) atoms. The number of ether oxygens (including phenoxy) is 2. The Morgan fingerprint density at radius 1 is 1.37 bits per heavy atom. The van der Waals surface area contributed by atoms with Crippen molar-refractivity contribution in [1.82, 2.24) is 0 Å². The summed E-state index contributed by atoms with van der Waals surface area (Å²) in [7, 11) is -2.08. The number of epoxide rings is 1. The monoisotopic (exact) mass is 286 g/mol. The zero-order valence-corrected chi connectivity index (χ0v) is 13.4. The number of hydrogen-bond acceptors (Lipinski definition) is 5. The Bertz CT molecular complexity index is 414. The number of cyclic esters (lactones) is 1. The first-order chi connectivity index (χ1) is 8.53. The van der Waals surface area contributed by atoms with E-state index in [-0.39, 0.29) is 11.1 Å². The van der Waals surface area contributed by atoms with Gasteiger partial charge in [-0.2, -0.15) is 0 Å². The first-order valence-corrected chi connectivity index (χ1v) is 9.45. The lowest BCUT2D eigenvalue weighted by Gasteiger charge is -2.39. The summed E-state index contributed by atoms with van der Waals surface area (Å²) < 4.78 is 16.8. The molecule has 4 atom stereocenters. The van der Waals surface area contributed by atoms with Gasteiger partial charge in [-0.25, -0.2) is 4.79 Å². The van der Waals surface area contributed by atoms with Gasteiger partial charge in [0.2, 0.25) is 0 Å². The van der Waals surface area contributed by atoms with Gasteiger partial charge in [-0.15, -0.1) is 0 Å². The molecule has 6 heteroatoms. The van der Waals surface area contributed by atoms with Crippen molar-refractivity contribution in [3.05, 3.63) is 0 Å². The normalized spacial score (nSPS) is 38.4. The number of aldehydes is 1. The van der Waals surface area contributed by atoms with Gasteiger partial charge < -0.3 is 13.9 Å². The molecular formula is C13H22O5Si. The maximum atomic E-state index is 12.0. The van der Waals surface area contributed by atoms with Gasteiger partial charge in [0.15, 0.2) is 26.8 Å². The Morgan fingerprint density at radius 2 is 1.95 bits per heavy atom. The predicted octanol–water partition coefficient (Wildman–Crippen LogP) is 1.66. The predicted molar refractivity (Wildman–Crippen MR) is 71.3 cm³/mol. The van der Waals surface area contributed by atoms with Gasteiger partial charge in [-0.05, 0) is 25.1 Å². The second kappa shape index (κ2) is 4.13. The maximum Gasteiger partial charge on any atom is 0.337 e. The highest BCUT2D eigenvalue weighted by atomic mass is 28.4. The summed E-state index contributed by atoms with van der Waals surface area (Å²) in [6, 6.07) is 0. The fourth-order valence-corrected chi connectivity index (χ4v) is 3.24. The zero-order chi connectivity index (χ0) is 14.6. The third-order valence-corrected chi connectivity index (χ3v) is 9.01. The van der Waals surface area contributed by atoms with Crippen LogP contribution in [0.1, 0.15) is 27.7 Å². The summed E-state index contributed by atoms with van der Waals surface area (Å²) in [5.41, 5.74) is -0.706. The smallest absolute Gasteiger partial charge is 0.337 e. The number of carbonyl (C=O) groups is 2. The quantitative estimate of drug-likeness (QED) is 0.342. The van der Waals surface area contributed by atoms with Crippen LogP contribution < -0.4 is 0 Å². The lowest BCUT2D eigenvalue weighted by Crippen LogP contribution is -2.54. The van der Waals surface area contributed by atoms with Crippen molar-refractivity contribution in [1.29, 1.82) is 0 Å². The molecule has 2 rings (SSSR count). The number of esters is 1. The van der Waals surface area contributed by atoms with Gasteiger partial charge in [0.25, 0.3) is 0 Å². The van der Waals surface area contributed by atoms with Crippen LogP contribution in [0.25, 0.3) is 0 Å². The summed E-state index contributed by atoms with van der Waals surface area (Å²) in [6.07, 6.45) is -1.26. The molecule has 0 radical (unpaired) electrons. The number of fused-ring (bicyclic) bond motifs is 1. The Kier molecular flexibility index (Phi) is 3.19. The van der Waals surface area contributed by atoms with E-state index in [9.17, 15) is 9.59 Å². The van der Waals surface area contributed by atoms with Crippen LogP contribution in [-0.2, 0) is 23.5 Å². The highest BCUT2D eigenvalue weighted by molar-refractivity contribution is 6.74. The average Bonchev–Trinajstić information content (AvgIpc) is 2.94. The van der Waals surface area contributed by atoms with Crippen molar-refractivity contribution >= 4 is 20.6 Å². The molecule has 0 saturated carbocycles. The van der Waals surface area contributed by atoms with Crippen molar-refractivity contribution < 1.29 is 23.5 Å². The summed E-state index contributed by atoms with van der Waals surface area (Å²) >= 11 is 0. The summed E-state index contributed by atoms with van der Waals surface area (Å²) in [5, 5.41) is 0.0000785. The van der Waals surface area contributed by atoms with E-state index < -0.39 is 32.1 Å². The van der Waals surface area contributed by atoms with Gasteiger partial charge in [0.1, 0.15) is 11.7 Å². The van der Waals surface area contributed by atoms with Crippen LogP contribution in [0.5, 0.6) is 0 Å².